The third kappa shape index (κ3) is 7.84. The first-order valence-corrected chi connectivity index (χ1v) is 14.8. The van der Waals surface area contributed by atoms with Gasteiger partial charge in [0.05, 0.1) is 28.4 Å². The summed E-state index contributed by atoms with van der Waals surface area (Å²) in [5, 5.41) is 9.75. The summed E-state index contributed by atoms with van der Waals surface area (Å²) in [6.07, 6.45) is -0.0731. The predicted octanol–water partition coefficient (Wildman–Crippen LogP) is 5.74. The smallest absolute Gasteiger partial charge is 0.416 e. The van der Waals surface area contributed by atoms with Crippen molar-refractivity contribution in [1.29, 1.82) is 0 Å². The number of nitrogens with zero attached hydrogens (tertiary/aromatic N) is 6. The van der Waals surface area contributed by atoms with Crippen molar-refractivity contribution in [3.63, 3.8) is 0 Å². The molecule has 2 saturated heterocycles. The van der Waals surface area contributed by atoms with E-state index in [9.17, 15) is 18.0 Å². The number of aliphatic carboxylic acids is 1. The van der Waals surface area contributed by atoms with E-state index >= 15 is 0 Å². The number of carboxylic acid groups (broad SMARTS) is 1. The molecule has 1 atom stereocenters. The van der Waals surface area contributed by atoms with Crippen LogP contribution >= 0.6 is 11.3 Å². The van der Waals surface area contributed by atoms with Crippen LogP contribution in [0.2, 0.25) is 0 Å². The molecule has 0 unspecified atom stereocenters. The van der Waals surface area contributed by atoms with Crippen molar-refractivity contribution in [1.82, 2.24) is 24.8 Å². The summed E-state index contributed by atoms with van der Waals surface area (Å²) in [5.41, 5.74) is 1.79. The maximum atomic E-state index is 13.6. The highest BCUT2D eigenvalue weighted by molar-refractivity contribution is 7.12. The normalized spacial score (nSPS) is 18.3. The van der Waals surface area contributed by atoms with Crippen molar-refractivity contribution in [2.45, 2.75) is 65.7 Å². The zero-order chi connectivity index (χ0) is 29.1. The highest BCUT2D eigenvalue weighted by Gasteiger charge is 2.32. The van der Waals surface area contributed by atoms with Crippen LogP contribution in [0.5, 0.6) is 0 Å². The minimum absolute atomic E-state index is 0. The van der Waals surface area contributed by atoms with Gasteiger partial charge in [-0.25, -0.2) is 15.0 Å². The average Bonchev–Trinajstić information content (AvgIpc) is 3.52. The maximum absolute atomic E-state index is 13.6. The number of rotatable bonds is 9. The number of carboxylic acids is 1. The Hall–Kier alpha value is -3.09. The van der Waals surface area contributed by atoms with E-state index in [2.05, 4.69) is 31.6 Å². The first kappa shape index (κ1) is 31.8. The fraction of sp³-hybridized carbons (Fsp3) is 0.533. The lowest BCUT2D eigenvalue weighted by Gasteiger charge is -2.35. The van der Waals surface area contributed by atoms with Crippen LogP contribution in [0.4, 0.5) is 19.0 Å². The van der Waals surface area contributed by atoms with E-state index in [4.69, 9.17) is 10.1 Å². The molecule has 42 heavy (non-hydrogen) atoms. The molecule has 1 N–H and O–H groups in total. The molecule has 2 aliphatic rings. The molecule has 2 aliphatic heterocycles. The zero-order valence-corrected chi connectivity index (χ0v) is 24.1. The lowest BCUT2D eigenvalue weighted by atomic mass is 10.0. The van der Waals surface area contributed by atoms with Gasteiger partial charge in [-0.1, -0.05) is 7.43 Å². The van der Waals surface area contributed by atoms with Crippen LogP contribution < -0.4 is 4.90 Å². The molecule has 8 nitrogen and oxygen atoms in total. The minimum Gasteiger partial charge on any atom is -0.481 e. The Bertz CT molecular complexity index is 1370. The van der Waals surface area contributed by atoms with E-state index in [1.165, 1.54) is 12.1 Å². The third-order valence-electron chi connectivity index (χ3n) is 7.84. The third-order valence-corrected chi connectivity index (χ3v) is 8.88. The van der Waals surface area contributed by atoms with E-state index in [1.54, 1.807) is 30.7 Å². The molecule has 0 aliphatic carbocycles. The summed E-state index contributed by atoms with van der Waals surface area (Å²) in [7, 11) is 0. The van der Waals surface area contributed by atoms with Crippen molar-refractivity contribution in [2.24, 2.45) is 0 Å². The van der Waals surface area contributed by atoms with Gasteiger partial charge >= 0.3 is 12.1 Å². The van der Waals surface area contributed by atoms with Crippen molar-refractivity contribution in [2.75, 3.05) is 44.2 Å². The van der Waals surface area contributed by atoms with Crippen molar-refractivity contribution in [3.05, 3.63) is 57.3 Å². The van der Waals surface area contributed by atoms with Crippen molar-refractivity contribution < 1.29 is 23.1 Å². The highest BCUT2D eigenvalue weighted by Crippen LogP contribution is 2.37. The number of halogens is 3. The molecule has 0 saturated carbocycles. The standard InChI is InChI=1S/C29H35F3N6O2S.CH4/c1-19-12-21(14-22(13-19)29(30,31)32)28-24(17-38-6-3-4-20(38)2)41-26(35-28)16-23-15-25(34-18-33-23)37-10-8-36(9-11-37)7-5-27(39)40;/h12-15,18,20H,3-11,16-17H2,1-2H3,(H,39,40);1H4/t20-;/m1./s1. The number of piperazine rings is 1. The summed E-state index contributed by atoms with van der Waals surface area (Å²) < 4.78 is 40.9. The average molecular weight is 605 g/mol. The molecule has 228 valence electrons. The number of aromatic nitrogens is 3. The molecular weight excluding hydrogens is 565 g/mol. The van der Waals surface area contributed by atoms with E-state index in [0.29, 0.717) is 42.4 Å². The van der Waals surface area contributed by atoms with Gasteiger partial charge in [0.15, 0.2) is 0 Å². The Balaban J connectivity index is 0.00000405. The fourth-order valence-electron chi connectivity index (χ4n) is 5.57. The summed E-state index contributed by atoms with van der Waals surface area (Å²) >= 11 is 1.54. The summed E-state index contributed by atoms with van der Waals surface area (Å²) in [5.74, 6) is 0.0174. The molecule has 2 fully saturated rings. The summed E-state index contributed by atoms with van der Waals surface area (Å²) in [6.45, 7) is 9.04. The van der Waals surface area contributed by atoms with Crippen LogP contribution in [0.1, 0.15) is 60.3 Å². The first-order valence-electron chi connectivity index (χ1n) is 14.0. The summed E-state index contributed by atoms with van der Waals surface area (Å²) in [4.78, 5) is 32.4. The van der Waals surface area contributed by atoms with Crippen molar-refractivity contribution >= 4 is 23.1 Å². The van der Waals surface area contributed by atoms with Crippen molar-refractivity contribution in [3.8, 4) is 11.3 Å². The quantitative estimate of drug-likeness (QED) is 0.331. The zero-order valence-electron chi connectivity index (χ0n) is 23.3. The van der Waals surface area contributed by atoms with Gasteiger partial charge in [-0.05, 0) is 57.0 Å². The lowest BCUT2D eigenvalue weighted by molar-refractivity contribution is -0.138. The minimum atomic E-state index is -4.43. The second-order valence-corrected chi connectivity index (χ2v) is 12.1. The Labute approximate surface area is 249 Å². The monoisotopic (exact) mass is 604 g/mol. The Morgan fingerprint density at radius 3 is 2.52 bits per heavy atom. The number of thiazole rings is 1. The Kier molecular flexibility index (Phi) is 10.2. The van der Waals surface area contributed by atoms with Crippen LogP contribution in [0.3, 0.4) is 0 Å². The van der Waals surface area contributed by atoms with Crippen LogP contribution in [0.25, 0.3) is 11.3 Å². The Morgan fingerprint density at radius 2 is 1.86 bits per heavy atom. The molecular formula is C30H39F3N6O2S. The molecule has 2 aromatic heterocycles. The van der Waals surface area contributed by atoms with Gasteiger partial charge in [0.2, 0.25) is 0 Å². The predicted molar refractivity (Wildman–Crippen MR) is 159 cm³/mol. The van der Waals surface area contributed by atoms with Gasteiger partial charge < -0.3 is 10.0 Å². The van der Waals surface area contributed by atoms with E-state index in [1.807, 2.05) is 6.07 Å². The number of aryl methyl sites for hydroxylation is 1. The molecule has 4 heterocycles. The lowest BCUT2D eigenvalue weighted by Crippen LogP contribution is -2.47. The van der Waals surface area contributed by atoms with Crippen LogP contribution in [-0.2, 0) is 23.9 Å². The molecule has 0 amide bonds. The number of alkyl halides is 3. The van der Waals surface area contributed by atoms with Gasteiger partial charge in [-0.15, -0.1) is 11.3 Å². The number of benzene rings is 1. The number of anilines is 1. The van der Waals surface area contributed by atoms with Crippen LogP contribution in [0, 0.1) is 6.92 Å². The van der Waals surface area contributed by atoms with Gasteiger partial charge in [-0.3, -0.25) is 14.6 Å². The molecule has 0 radical (unpaired) electrons. The molecule has 3 aromatic rings. The first-order chi connectivity index (χ1) is 19.5. The van der Waals surface area contributed by atoms with Crippen LogP contribution in [-0.4, -0.2) is 81.1 Å². The highest BCUT2D eigenvalue weighted by atomic mass is 32.1. The fourth-order valence-corrected chi connectivity index (χ4v) is 6.70. The topological polar surface area (TPSA) is 85.7 Å². The van der Waals surface area contributed by atoms with Crippen LogP contribution in [0.15, 0.2) is 30.6 Å². The van der Waals surface area contributed by atoms with E-state index < -0.39 is 17.7 Å². The Morgan fingerprint density at radius 1 is 1.10 bits per heavy atom. The van der Waals surface area contributed by atoms with Gasteiger partial charge in [0, 0.05) is 68.2 Å². The number of carbonyl (C=O) groups is 1. The maximum Gasteiger partial charge on any atom is 0.416 e. The van der Waals surface area contributed by atoms with Gasteiger partial charge in [-0.2, -0.15) is 13.2 Å². The van der Waals surface area contributed by atoms with E-state index in [-0.39, 0.29) is 13.8 Å². The second-order valence-electron chi connectivity index (χ2n) is 10.9. The number of hydrogen-bond acceptors (Lipinski definition) is 8. The molecule has 0 spiro atoms. The molecule has 0 bridgehead atoms. The second kappa shape index (κ2) is 13.5. The number of hydrogen-bond donors (Lipinski definition) is 1. The van der Waals surface area contributed by atoms with Gasteiger partial charge in [0.1, 0.15) is 12.1 Å². The SMILES string of the molecule is C.Cc1cc(-c2nc(Cc3cc(N4CCN(CCC(=O)O)CC4)ncn3)sc2CN2CCC[C@H]2C)cc(C(F)(F)F)c1. The molecule has 12 heteroatoms. The largest absolute Gasteiger partial charge is 0.481 e. The number of likely N-dealkylation sites (tertiary alicyclic amines) is 1. The summed E-state index contributed by atoms with van der Waals surface area (Å²) in [6, 6.07) is 6.54. The molecule has 1 aromatic carbocycles. The molecule has 5 rings (SSSR count). The van der Waals surface area contributed by atoms with E-state index in [0.717, 1.165) is 67.0 Å². The van der Waals surface area contributed by atoms with Gasteiger partial charge in [0.25, 0.3) is 0 Å².